The normalized spacial score (nSPS) is 15.9. The van der Waals surface area contributed by atoms with E-state index in [0.717, 1.165) is 11.5 Å². The third-order valence-corrected chi connectivity index (χ3v) is 1.18. The number of nitriles is 1. The van der Waals surface area contributed by atoms with Crippen molar-refractivity contribution in [3.05, 3.63) is 0 Å². The maximum absolute atomic E-state index is 10.6. The molecule has 0 aromatic rings. The van der Waals surface area contributed by atoms with Gasteiger partial charge < -0.3 is 0 Å². The summed E-state index contributed by atoms with van der Waals surface area (Å²) in [5, 5.41) is 9.06. The SMILES string of the molecule is N#CON1CCCC1=O.[NaH]. The first kappa shape index (κ1) is 9.76. The molecule has 0 aliphatic carbocycles. The summed E-state index contributed by atoms with van der Waals surface area (Å²) in [7, 11) is 0. The Balaban J connectivity index is 0.000000810. The first-order valence-electron chi connectivity index (χ1n) is 2.71. The Kier molecular flexibility index (Phi) is 4.45. The Morgan fingerprint density at radius 1 is 1.70 bits per heavy atom. The summed E-state index contributed by atoms with van der Waals surface area (Å²) >= 11 is 0. The van der Waals surface area contributed by atoms with Gasteiger partial charge in [-0.05, 0) is 6.42 Å². The molecule has 4 nitrogen and oxygen atoms in total. The van der Waals surface area contributed by atoms with Crippen LogP contribution in [0.25, 0.3) is 0 Å². The van der Waals surface area contributed by atoms with Gasteiger partial charge in [0.05, 0.1) is 6.54 Å². The maximum atomic E-state index is 10.6. The topological polar surface area (TPSA) is 53.3 Å². The van der Waals surface area contributed by atoms with Gasteiger partial charge in [0.25, 0.3) is 5.91 Å². The van der Waals surface area contributed by atoms with E-state index in [-0.39, 0.29) is 35.5 Å². The van der Waals surface area contributed by atoms with Crippen molar-refractivity contribution < 1.29 is 9.63 Å². The molecule has 0 N–H and O–H groups in total. The summed E-state index contributed by atoms with van der Waals surface area (Å²) < 4.78 is 0. The molecule has 50 valence electrons. The van der Waals surface area contributed by atoms with E-state index in [2.05, 4.69) is 4.84 Å². The van der Waals surface area contributed by atoms with Crippen LogP contribution in [0, 0.1) is 11.5 Å². The second-order valence-corrected chi connectivity index (χ2v) is 1.78. The van der Waals surface area contributed by atoms with Crippen LogP contribution in [0.15, 0.2) is 0 Å². The summed E-state index contributed by atoms with van der Waals surface area (Å²) in [6.07, 6.45) is 2.74. The molecule has 1 aliphatic rings. The standard InChI is InChI=1S/C5H6N2O2.Na.H/c6-4-9-7-3-1-2-5(7)8;;/h1-3H2;;. The number of nitrogens with zero attached hydrogens (tertiary/aromatic N) is 2. The molecule has 1 aliphatic heterocycles. The fourth-order valence-electron chi connectivity index (χ4n) is 0.769. The van der Waals surface area contributed by atoms with Gasteiger partial charge in [0.2, 0.25) is 0 Å². The van der Waals surface area contributed by atoms with Crippen LogP contribution in [0.1, 0.15) is 12.8 Å². The van der Waals surface area contributed by atoms with Gasteiger partial charge in [-0.1, -0.05) is 0 Å². The second-order valence-electron chi connectivity index (χ2n) is 1.78. The van der Waals surface area contributed by atoms with E-state index < -0.39 is 0 Å². The summed E-state index contributed by atoms with van der Waals surface area (Å²) in [6, 6.07) is 0. The first-order valence-corrected chi connectivity index (χ1v) is 2.71. The molecule has 0 unspecified atom stereocenters. The minimum absolute atomic E-state index is 0. The fraction of sp³-hybridized carbons (Fsp3) is 0.600. The first-order chi connectivity index (χ1) is 4.34. The van der Waals surface area contributed by atoms with E-state index in [1.807, 2.05) is 0 Å². The average Bonchev–Trinajstić information content (AvgIpc) is 2.18. The fourth-order valence-corrected chi connectivity index (χ4v) is 0.769. The van der Waals surface area contributed by atoms with Crippen LogP contribution in [-0.2, 0) is 9.63 Å². The molecule has 0 radical (unpaired) electrons. The summed E-state index contributed by atoms with van der Waals surface area (Å²) in [5.41, 5.74) is 0. The molecule has 0 atom stereocenters. The van der Waals surface area contributed by atoms with E-state index in [0.29, 0.717) is 13.0 Å². The van der Waals surface area contributed by atoms with Gasteiger partial charge in [0, 0.05) is 6.42 Å². The van der Waals surface area contributed by atoms with Gasteiger partial charge in [-0.15, -0.1) is 5.26 Å². The molecule has 5 heteroatoms. The molecule has 10 heavy (non-hydrogen) atoms. The number of rotatable bonds is 1. The molecule has 1 heterocycles. The zero-order valence-corrected chi connectivity index (χ0v) is 4.83. The molecule has 1 amide bonds. The van der Waals surface area contributed by atoms with Crippen LogP contribution < -0.4 is 0 Å². The predicted molar refractivity (Wildman–Crippen MR) is 34.8 cm³/mol. The average molecular weight is 150 g/mol. The molecular formula is C5H7N2NaO2. The van der Waals surface area contributed by atoms with E-state index >= 15 is 0 Å². The van der Waals surface area contributed by atoms with Crippen LogP contribution >= 0.6 is 0 Å². The van der Waals surface area contributed by atoms with Crippen LogP contribution in [0.3, 0.4) is 0 Å². The minimum atomic E-state index is -0.100. The molecule has 0 bridgehead atoms. The third kappa shape index (κ3) is 2.18. The van der Waals surface area contributed by atoms with E-state index in [1.54, 1.807) is 0 Å². The van der Waals surface area contributed by atoms with Crippen molar-refractivity contribution in [3.63, 3.8) is 0 Å². The number of carbonyl (C=O) groups excluding carboxylic acids is 1. The summed E-state index contributed by atoms with van der Waals surface area (Å²) in [4.78, 5) is 14.9. The number of hydrogen-bond donors (Lipinski definition) is 0. The van der Waals surface area contributed by atoms with Gasteiger partial charge >= 0.3 is 35.8 Å². The number of amides is 1. The number of hydroxylamine groups is 2. The van der Waals surface area contributed by atoms with Gasteiger partial charge in [0.15, 0.2) is 0 Å². The summed E-state index contributed by atoms with van der Waals surface area (Å²) in [5.74, 6) is -0.100. The Hall–Kier alpha value is -0.240. The van der Waals surface area contributed by atoms with Crippen molar-refractivity contribution in [3.8, 4) is 6.26 Å². The van der Waals surface area contributed by atoms with Crippen molar-refractivity contribution in [2.24, 2.45) is 0 Å². The Morgan fingerprint density at radius 3 is 2.80 bits per heavy atom. The Labute approximate surface area is 81.0 Å². The molecule has 1 fully saturated rings. The van der Waals surface area contributed by atoms with Crippen LogP contribution in [-0.4, -0.2) is 47.1 Å². The molecule has 0 saturated carbocycles. The summed E-state index contributed by atoms with van der Waals surface area (Å²) in [6.45, 7) is 0.548. The van der Waals surface area contributed by atoms with Gasteiger partial charge in [0.1, 0.15) is 0 Å². The molecule has 0 aromatic heterocycles. The van der Waals surface area contributed by atoms with Crippen molar-refractivity contribution in [2.45, 2.75) is 12.8 Å². The molecule has 0 aromatic carbocycles. The van der Waals surface area contributed by atoms with Crippen molar-refractivity contribution in [1.82, 2.24) is 5.06 Å². The number of hydrogen-bond acceptors (Lipinski definition) is 3. The van der Waals surface area contributed by atoms with Crippen LogP contribution in [0.5, 0.6) is 0 Å². The molecule has 1 saturated heterocycles. The number of carbonyl (C=O) groups is 1. The van der Waals surface area contributed by atoms with Crippen LogP contribution in [0.2, 0.25) is 0 Å². The quantitative estimate of drug-likeness (QED) is 0.369. The molecule has 1 rings (SSSR count). The van der Waals surface area contributed by atoms with Crippen molar-refractivity contribution in [2.75, 3.05) is 6.54 Å². The van der Waals surface area contributed by atoms with Gasteiger partial charge in [-0.2, -0.15) is 5.06 Å². The van der Waals surface area contributed by atoms with Crippen LogP contribution in [0.4, 0.5) is 0 Å². The van der Waals surface area contributed by atoms with Crippen molar-refractivity contribution >= 4 is 35.5 Å². The van der Waals surface area contributed by atoms with E-state index in [1.165, 1.54) is 6.26 Å². The molecule has 0 spiro atoms. The Bertz CT molecular complexity index is 166. The predicted octanol–water partition coefficient (Wildman–Crippen LogP) is -0.627. The van der Waals surface area contributed by atoms with E-state index in [9.17, 15) is 4.79 Å². The zero-order chi connectivity index (χ0) is 6.69. The van der Waals surface area contributed by atoms with Gasteiger partial charge in [-0.3, -0.25) is 9.63 Å². The Morgan fingerprint density at radius 2 is 2.40 bits per heavy atom. The molecular weight excluding hydrogens is 143 g/mol. The monoisotopic (exact) mass is 150 g/mol. The van der Waals surface area contributed by atoms with Crippen molar-refractivity contribution in [1.29, 1.82) is 5.26 Å². The zero-order valence-electron chi connectivity index (χ0n) is 4.83. The second kappa shape index (κ2) is 4.56. The van der Waals surface area contributed by atoms with E-state index in [4.69, 9.17) is 5.26 Å². The van der Waals surface area contributed by atoms with Gasteiger partial charge in [-0.25, -0.2) is 0 Å². The third-order valence-electron chi connectivity index (χ3n) is 1.18.